The topological polar surface area (TPSA) is 38.3 Å². The Balaban J connectivity index is 1.87. The van der Waals surface area contributed by atoms with Gasteiger partial charge >= 0.3 is 0 Å². The predicted octanol–water partition coefficient (Wildman–Crippen LogP) is 4.62. The minimum atomic E-state index is -0.345. The highest BCUT2D eigenvalue weighted by Gasteiger charge is 2.21. The number of hydrogen-bond donors (Lipinski definition) is 1. The van der Waals surface area contributed by atoms with Gasteiger partial charge in [0, 0.05) is 12.8 Å². The lowest BCUT2D eigenvalue weighted by molar-refractivity contribution is -0.126. The third-order valence-corrected chi connectivity index (χ3v) is 4.78. The van der Waals surface area contributed by atoms with Gasteiger partial charge in [-0.15, -0.1) is 0 Å². The van der Waals surface area contributed by atoms with Crippen LogP contribution in [0.1, 0.15) is 56.1 Å². The number of carbonyl (C=O) groups excluding carboxylic acids is 1. The van der Waals surface area contributed by atoms with Crippen molar-refractivity contribution in [3.63, 3.8) is 0 Å². The van der Waals surface area contributed by atoms with E-state index in [1.165, 1.54) is 37.7 Å². The van der Waals surface area contributed by atoms with E-state index in [4.69, 9.17) is 4.74 Å². The van der Waals surface area contributed by atoms with Crippen LogP contribution in [0.4, 0.5) is 5.69 Å². The van der Waals surface area contributed by atoms with Gasteiger partial charge in [0.1, 0.15) is 6.10 Å². The summed E-state index contributed by atoms with van der Waals surface area (Å²) in [7, 11) is 1.63. The zero-order valence-electron chi connectivity index (χ0n) is 14.2. The first-order valence-corrected chi connectivity index (χ1v) is 8.51. The summed E-state index contributed by atoms with van der Waals surface area (Å²) in [6, 6.07) is 6.07. The lowest BCUT2D eigenvalue weighted by Gasteiger charge is -2.23. The maximum atomic E-state index is 12.4. The van der Waals surface area contributed by atoms with E-state index in [9.17, 15) is 4.79 Å². The summed E-state index contributed by atoms with van der Waals surface area (Å²) >= 11 is 0. The van der Waals surface area contributed by atoms with Crippen LogP contribution in [0.3, 0.4) is 0 Å². The van der Waals surface area contributed by atoms with E-state index in [1.54, 1.807) is 7.11 Å². The molecular weight excluding hydrogens is 274 g/mol. The average Bonchev–Trinajstić information content (AvgIpc) is 2.52. The summed E-state index contributed by atoms with van der Waals surface area (Å²) in [5.74, 6) is 0.755. The average molecular weight is 303 g/mol. The molecule has 1 aliphatic carbocycles. The minimum Gasteiger partial charge on any atom is -0.372 e. The number of anilines is 1. The first-order chi connectivity index (χ1) is 10.6. The fourth-order valence-electron chi connectivity index (χ4n) is 3.39. The van der Waals surface area contributed by atoms with Crippen molar-refractivity contribution in [2.45, 2.75) is 64.9 Å². The second-order valence-corrected chi connectivity index (χ2v) is 6.61. The number of carbonyl (C=O) groups is 1. The SMILES string of the molecule is COC(CCC1CCCCC1)C(=O)Nc1ccc(C)cc1C. The van der Waals surface area contributed by atoms with Crippen LogP contribution in [0, 0.1) is 19.8 Å². The molecule has 1 aromatic carbocycles. The molecule has 1 aliphatic rings. The van der Waals surface area contributed by atoms with Crippen molar-refractivity contribution in [3.8, 4) is 0 Å². The number of ether oxygens (including phenoxy) is 1. The maximum absolute atomic E-state index is 12.4. The highest BCUT2D eigenvalue weighted by molar-refractivity contribution is 5.94. The summed E-state index contributed by atoms with van der Waals surface area (Å²) in [6.07, 6.45) is 8.26. The highest BCUT2D eigenvalue weighted by atomic mass is 16.5. The van der Waals surface area contributed by atoms with Crippen LogP contribution in [0.25, 0.3) is 0 Å². The first-order valence-electron chi connectivity index (χ1n) is 8.51. The number of nitrogens with one attached hydrogen (secondary N) is 1. The molecule has 0 saturated heterocycles. The Morgan fingerprint density at radius 1 is 1.27 bits per heavy atom. The van der Waals surface area contributed by atoms with Crippen LogP contribution in [-0.4, -0.2) is 19.1 Å². The Bertz CT molecular complexity index is 492. The van der Waals surface area contributed by atoms with Crippen molar-refractivity contribution in [2.75, 3.05) is 12.4 Å². The second kappa shape index (κ2) is 8.33. The molecule has 0 heterocycles. The van der Waals surface area contributed by atoms with Crippen molar-refractivity contribution < 1.29 is 9.53 Å². The van der Waals surface area contributed by atoms with Crippen molar-refractivity contribution in [3.05, 3.63) is 29.3 Å². The molecule has 0 bridgehead atoms. The molecular formula is C19H29NO2. The van der Waals surface area contributed by atoms with Gasteiger partial charge in [0.2, 0.25) is 0 Å². The Morgan fingerprint density at radius 2 is 2.00 bits per heavy atom. The van der Waals surface area contributed by atoms with Crippen LogP contribution >= 0.6 is 0 Å². The molecule has 122 valence electrons. The van der Waals surface area contributed by atoms with Gasteiger partial charge < -0.3 is 10.1 Å². The monoisotopic (exact) mass is 303 g/mol. The molecule has 22 heavy (non-hydrogen) atoms. The van der Waals surface area contributed by atoms with Gasteiger partial charge in [-0.25, -0.2) is 0 Å². The molecule has 1 N–H and O–H groups in total. The fraction of sp³-hybridized carbons (Fsp3) is 0.632. The molecule has 1 unspecified atom stereocenters. The summed E-state index contributed by atoms with van der Waals surface area (Å²) in [4.78, 5) is 12.4. The third-order valence-electron chi connectivity index (χ3n) is 4.78. The van der Waals surface area contributed by atoms with Crippen molar-refractivity contribution in [1.29, 1.82) is 0 Å². The molecule has 1 atom stereocenters. The van der Waals surface area contributed by atoms with Crippen LogP contribution in [0.5, 0.6) is 0 Å². The summed E-state index contributed by atoms with van der Waals surface area (Å²) in [5.41, 5.74) is 3.18. The van der Waals surface area contributed by atoms with Gasteiger partial charge in [-0.1, -0.05) is 49.8 Å². The van der Waals surface area contributed by atoms with Crippen LogP contribution in [0.2, 0.25) is 0 Å². The smallest absolute Gasteiger partial charge is 0.253 e. The van der Waals surface area contributed by atoms with Gasteiger partial charge in [0.25, 0.3) is 5.91 Å². The maximum Gasteiger partial charge on any atom is 0.253 e. The lowest BCUT2D eigenvalue weighted by Crippen LogP contribution is -2.30. The van der Waals surface area contributed by atoms with Gasteiger partial charge in [0.15, 0.2) is 0 Å². The normalized spacial score (nSPS) is 17.2. The first kappa shape index (κ1) is 17.0. The van der Waals surface area contributed by atoms with Crippen LogP contribution in [0.15, 0.2) is 18.2 Å². The quantitative estimate of drug-likeness (QED) is 0.833. The summed E-state index contributed by atoms with van der Waals surface area (Å²) < 4.78 is 5.43. The molecule has 0 aliphatic heterocycles. The Kier molecular flexibility index (Phi) is 6.44. The van der Waals surface area contributed by atoms with E-state index in [1.807, 2.05) is 19.1 Å². The van der Waals surface area contributed by atoms with Gasteiger partial charge in [-0.3, -0.25) is 4.79 Å². The standard InChI is InChI=1S/C19H29NO2/c1-14-9-11-17(15(2)13-14)20-19(21)18(22-3)12-10-16-7-5-4-6-8-16/h9,11,13,16,18H,4-8,10,12H2,1-3H3,(H,20,21). The van der Waals surface area contributed by atoms with E-state index >= 15 is 0 Å². The number of amides is 1. The molecule has 1 saturated carbocycles. The van der Waals surface area contributed by atoms with Crippen molar-refractivity contribution in [2.24, 2.45) is 5.92 Å². The summed E-state index contributed by atoms with van der Waals surface area (Å²) in [6.45, 7) is 4.08. The van der Waals surface area contributed by atoms with Gasteiger partial charge in [0.05, 0.1) is 0 Å². The Hall–Kier alpha value is -1.35. The van der Waals surface area contributed by atoms with E-state index in [-0.39, 0.29) is 12.0 Å². The largest absolute Gasteiger partial charge is 0.372 e. The third kappa shape index (κ3) is 4.84. The number of methoxy groups -OCH3 is 1. The molecule has 3 nitrogen and oxygen atoms in total. The van der Waals surface area contributed by atoms with E-state index in [0.29, 0.717) is 0 Å². The van der Waals surface area contributed by atoms with Crippen LogP contribution in [-0.2, 0) is 9.53 Å². The predicted molar refractivity (Wildman–Crippen MR) is 91.2 cm³/mol. The molecule has 0 radical (unpaired) electrons. The molecule has 1 fully saturated rings. The second-order valence-electron chi connectivity index (χ2n) is 6.61. The van der Waals surface area contributed by atoms with Gasteiger partial charge in [-0.2, -0.15) is 0 Å². The van der Waals surface area contributed by atoms with E-state index in [2.05, 4.69) is 18.3 Å². The summed E-state index contributed by atoms with van der Waals surface area (Å²) in [5, 5.41) is 3.01. The van der Waals surface area contributed by atoms with Crippen LogP contribution < -0.4 is 5.32 Å². The zero-order valence-corrected chi connectivity index (χ0v) is 14.2. The molecule has 3 heteroatoms. The number of hydrogen-bond acceptors (Lipinski definition) is 2. The Labute approximate surface area is 134 Å². The number of benzene rings is 1. The molecule has 1 aromatic rings. The lowest BCUT2D eigenvalue weighted by atomic mass is 9.85. The minimum absolute atomic E-state index is 0.0229. The molecule has 0 spiro atoms. The van der Waals surface area contributed by atoms with E-state index in [0.717, 1.165) is 30.0 Å². The van der Waals surface area contributed by atoms with Crippen molar-refractivity contribution >= 4 is 11.6 Å². The van der Waals surface area contributed by atoms with Gasteiger partial charge in [-0.05, 0) is 44.2 Å². The highest BCUT2D eigenvalue weighted by Crippen LogP contribution is 2.28. The molecule has 2 rings (SSSR count). The van der Waals surface area contributed by atoms with Crippen molar-refractivity contribution in [1.82, 2.24) is 0 Å². The molecule has 0 aromatic heterocycles. The number of aryl methyl sites for hydroxylation is 2. The van der Waals surface area contributed by atoms with E-state index < -0.39 is 0 Å². The molecule has 1 amide bonds. The zero-order chi connectivity index (χ0) is 15.9. The Morgan fingerprint density at radius 3 is 2.64 bits per heavy atom. The number of rotatable bonds is 6. The fourth-order valence-corrected chi connectivity index (χ4v) is 3.39.